The minimum absolute atomic E-state index is 0.0272. The summed E-state index contributed by atoms with van der Waals surface area (Å²) in [5, 5.41) is 3.26. The minimum atomic E-state index is -0.570. The molecular weight excluding hydrogens is 420 g/mol. The van der Waals surface area contributed by atoms with Gasteiger partial charge in [-0.15, -0.1) is 0 Å². The van der Waals surface area contributed by atoms with Crippen LogP contribution in [0.15, 0.2) is 84.9 Å². The Labute approximate surface area is 203 Å². The number of amides is 2. The van der Waals surface area contributed by atoms with Gasteiger partial charge in [-0.2, -0.15) is 0 Å². The lowest BCUT2D eigenvalue weighted by Crippen LogP contribution is -2.52. The lowest BCUT2D eigenvalue weighted by atomic mass is 10.00. The fourth-order valence-electron chi connectivity index (χ4n) is 4.77. The Morgan fingerprint density at radius 2 is 1.44 bits per heavy atom. The van der Waals surface area contributed by atoms with E-state index in [1.807, 2.05) is 91.9 Å². The molecule has 0 heterocycles. The van der Waals surface area contributed by atoms with Crippen LogP contribution >= 0.6 is 0 Å². The van der Waals surface area contributed by atoms with Gasteiger partial charge in [-0.05, 0) is 42.0 Å². The predicted molar refractivity (Wildman–Crippen MR) is 136 cm³/mol. The van der Waals surface area contributed by atoms with E-state index in [9.17, 15) is 9.59 Å². The first kappa shape index (κ1) is 23.7. The average Bonchev–Trinajstić information content (AvgIpc) is 3.37. The number of nitrogens with zero attached hydrogens (tertiary/aromatic N) is 1. The second-order valence-corrected chi connectivity index (χ2v) is 9.31. The minimum Gasteiger partial charge on any atom is -0.352 e. The molecule has 4 nitrogen and oxygen atoms in total. The molecular formula is C30H34N2O2. The van der Waals surface area contributed by atoms with Crippen LogP contribution in [0.25, 0.3) is 0 Å². The van der Waals surface area contributed by atoms with Crippen LogP contribution in [0.5, 0.6) is 0 Å². The van der Waals surface area contributed by atoms with Crippen molar-refractivity contribution in [3.05, 3.63) is 107 Å². The largest absolute Gasteiger partial charge is 0.352 e. The third-order valence-corrected chi connectivity index (χ3v) is 6.77. The number of carbonyl (C=O) groups excluding carboxylic acids is 2. The molecule has 2 amide bonds. The molecule has 0 aliphatic heterocycles. The van der Waals surface area contributed by atoms with E-state index in [0.717, 1.165) is 47.9 Å². The number of benzene rings is 3. The topological polar surface area (TPSA) is 49.4 Å². The van der Waals surface area contributed by atoms with Gasteiger partial charge >= 0.3 is 0 Å². The Kier molecular flexibility index (Phi) is 8.13. The highest BCUT2D eigenvalue weighted by Crippen LogP contribution is 2.21. The molecule has 0 saturated heterocycles. The maximum absolute atomic E-state index is 13.8. The maximum atomic E-state index is 13.8. The summed E-state index contributed by atoms with van der Waals surface area (Å²) in [5.74, 6) is -0.0783. The molecule has 3 aromatic carbocycles. The first-order valence-corrected chi connectivity index (χ1v) is 12.3. The summed E-state index contributed by atoms with van der Waals surface area (Å²) >= 11 is 0. The molecule has 0 spiro atoms. The quantitative estimate of drug-likeness (QED) is 0.481. The summed E-state index contributed by atoms with van der Waals surface area (Å²) < 4.78 is 0. The van der Waals surface area contributed by atoms with Crippen molar-refractivity contribution in [2.45, 2.75) is 64.1 Å². The highest BCUT2D eigenvalue weighted by Gasteiger charge is 2.32. The second kappa shape index (κ2) is 11.6. The number of aryl methyl sites for hydroxylation is 1. The summed E-state index contributed by atoms with van der Waals surface area (Å²) in [7, 11) is 0. The standard InChI is InChI=1S/C30H34N2O2/c1-23-12-8-9-17-26(23)21-29(33)32(22-25-15-6-3-7-16-25)28(20-24-13-4-2-5-14-24)30(34)31-27-18-10-11-19-27/h2-9,12-17,27-28H,10-11,18-22H2,1H3,(H,31,34)/t28-/m0/s1. The molecule has 1 N–H and O–H groups in total. The zero-order chi connectivity index (χ0) is 23.8. The molecule has 1 saturated carbocycles. The van der Waals surface area contributed by atoms with E-state index < -0.39 is 6.04 Å². The van der Waals surface area contributed by atoms with Crippen LogP contribution in [-0.4, -0.2) is 28.8 Å². The van der Waals surface area contributed by atoms with Crippen LogP contribution in [0.1, 0.15) is 47.9 Å². The monoisotopic (exact) mass is 454 g/mol. The van der Waals surface area contributed by atoms with E-state index in [2.05, 4.69) is 5.32 Å². The van der Waals surface area contributed by atoms with Gasteiger partial charge in [-0.1, -0.05) is 97.8 Å². The molecule has 0 unspecified atom stereocenters. The van der Waals surface area contributed by atoms with Crippen LogP contribution < -0.4 is 5.32 Å². The molecule has 0 radical (unpaired) electrons. The fourth-order valence-corrected chi connectivity index (χ4v) is 4.77. The summed E-state index contributed by atoms with van der Waals surface area (Å²) in [6, 6.07) is 27.6. The second-order valence-electron chi connectivity index (χ2n) is 9.31. The predicted octanol–water partition coefficient (Wildman–Crippen LogP) is 5.24. The Bertz CT molecular complexity index is 1080. The van der Waals surface area contributed by atoms with Crippen molar-refractivity contribution >= 4 is 11.8 Å². The van der Waals surface area contributed by atoms with Crippen LogP contribution in [-0.2, 0) is 29.0 Å². The molecule has 0 aromatic heterocycles. The molecule has 1 aliphatic carbocycles. The van der Waals surface area contributed by atoms with Crippen molar-refractivity contribution < 1.29 is 9.59 Å². The van der Waals surface area contributed by atoms with Crippen LogP contribution in [0.4, 0.5) is 0 Å². The highest BCUT2D eigenvalue weighted by molar-refractivity contribution is 5.89. The molecule has 0 bridgehead atoms. The Hall–Kier alpha value is -3.40. The third kappa shape index (κ3) is 6.34. The van der Waals surface area contributed by atoms with Gasteiger partial charge in [-0.3, -0.25) is 9.59 Å². The van der Waals surface area contributed by atoms with Gasteiger partial charge in [0.15, 0.2) is 0 Å². The van der Waals surface area contributed by atoms with Crippen LogP contribution in [0, 0.1) is 6.92 Å². The number of hydrogen-bond acceptors (Lipinski definition) is 2. The molecule has 3 aromatic rings. The van der Waals surface area contributed by atoms with Crippen molar-refractivity contribution in [3.63, 3.8) is 0 Å². The van der Waals surface area contributed by atoms with E-state index in [1.54, 1.807) is 4.90 Å². The van der Waals surface area contributed by atoms with Crippen molar-refractivity contribution in [1.82, 2.24) is 10.2 Å². The molecule has 4 heteroatoms. The van der Waals surface area contributed by atoms with Crippen molar-refractivity contribution in [2.24, 2.45) is 0 Å². The molecule has 4 rings (SSSR count). The Balaban J connectivity index is 1.65. The lowest BCUT2D eigenvalue weighted by molar-refractivity contribution is -0.141. The van der Waals surface area contributed by atoms with E-state index in [0.29, 0.717) is 13.0 Å². The highest BCUT2D eigenvalue weighted by atomic mass is 16.2. The van der Waals surface area contributed by atoms with Crippen LogP contribution in [0.3, 0.4) is 0 Å². The van der Waals surface area contributed by atoms with Crippen molar-refractivity contribution in [1.29, 1.82) is 0 Å². The molecule has 34 heavy (non-hydrogen) atoms. The van der Waals surface area contributed by atoms with Gasteiger partial charge in [0, 0.05) is 19.0 Å². The van der Waals surface area contributed by atoms with Gasteiger partial charge in [0.1, 0.15) is 6.04 Å². The lowest BCUT2D eigenvalue weighted by Gasteiger charge is -2.32. The number of hydrogen-bond donors (Lipinski definition) is 1. The first-order chi connectivity index (χ1) is 16.6. The number of rotatable bonds is 9. The van der Waals surface area contributed by atoms with E-state index in [4.69, 9.17) is 0 Å². The van der Waals surface area contributed by atoms with Crippen molar-refractivity contribution in [2.75, 3.05) is 0 Å². The number of nitrogens with one attached hydrogen (secondary N) is 1. The van der Waals surface area contributed by atoms with Gasteiger partial charge in [0.2, 0.25) is 11.8 Å². The summed E-state index contributed by atoms with van der Waals surface area (Å²) in [6.07, 6.45) is 5.09. The fraction of sp³-hybridized carbons (Fsp3) is 0.333. The molecule has 1 aliphatic rings. The summed E-state index contributed by atoms with van der Waals surface area (Å²) in [4.78, 5) is 29.2. The smallest absolute Gasteiger partial charge is 0.243 e. The van der Waals surface area contributed by atoms with Gasteiger partial charge in [0.05, 0.1) is 6.42 Å². The zero-order valence-electron chi connectivity index (χ0n) is 20.0. The van der Waals surface area contributed by atoms with E-state index in [-0.39, 0.29) is 24.3 Å². The first-order valence-electron chi connectivity index (χ1n) is 12.3. The Morgan fingerprint density at radius 3 is 2.09 bits per heavy atom. The molecule has 176 valence electrons. The van der Waals surface area contributed by atoms with Crippen molar-refractivity contribution in [3.8, 4) is 0 Å². The SMILES string of the molecule is Cc1ccccc1CC(=O)N(Cc1ccccc1)[C@@H](Cc1ccccc1)C(=O)NC1CCCC1. The van der Waals surface area contributed by atoms with E-state index >= 15 is 0 Å². The third-order valence-electron chi connectivity index (χ3n) is 6.77. The number of carbonyl (C=O) groups is 2. The van der Waals surface area contributed by atoms with Crippen LogP contribution in [0.2, 0.25) is 0 Å². The average molecular weight is 455 g/mol. The van der Waals surface area contributed by atoms with E-state index in [1.165, 1.54) is 0 Å². The molecule has 1 atom stereocenters. The normalized spacial score (nSPS) is 14.5. The Morgan fingerprint density at radius 1 is 0.853 bits per heavy atom. The van der Waals surface area contributed by atoms with Gasteiger partial charge in [-0.25, -0.2) is 0 Å². The summed E-state index contributed by atoms with van der Waals surface area (Å²) in [6.45, 7) is 2.43. The van der Waals surface area contributed by atoms with Gasteiger partial charge in [0.25, 0.3) is 0 Å². The zero-order valence-corrected chi connectivity index (χ0v) is 20.0. The van der Waals surface area contributed by atoms with Gasteiger partial charge < -0.3 is 10.2 Å². The maximum Gasteiger partial charge on any atom is 0.243 e. The molecule has 1 fully saturated rings. The summed E-state index contributed by atoms with van der Waals surface area (Å²) in [5.41, 5.74) is 4.16.